The second kappa shape index (κ2) is 6.43. The summed E-state index contributed by atoms with van der Waals surface area (Å²) < 4.78 is 0. The van der Waals surface area contributed by atoms with Crippen molar-refractivity contribution in [3.8, 4) is 0 Å². The third kappa shape index (κ3) is 5.40. The highest BCUT2D eigenvalue weighted by Gasteiger charge is 1.94. The van der Waals surface area contributed by atoms with Crippen LogP contribution in [0.4, 0.5) is 5.69 Å². The van der Waals surface area contributed by atoms with Crippen molar-refractivity contribution in [1.82, 2.24) is 10.2 Å². The van der Waals surface area contributed by atoms with E-state index >= 15 is 0 Å². The molecule has 84 valence electrons. The molecule has 3 N–H and O–H groups in total. The Balaban J connectivity index is 2.15. The lowest BCUT2D eigenvalue weighted by Gasteiger charge is -2.10. The minimum absolute atomic E-state index is 0.848. The molecule has 0 spiro atoms. The molecular formula is C12H21N3. The average molecular weight is 207 g/mol. The van der Waals surface area contributed by atoms with E-state index in [1.807, 2.05) is 18.2 Å². The molecule has 3 heteroatoms. The highest BCUT2D eigenvalue weighted by molar-refractivity contribution is 5.40. The number of nitrogens with one attached hydrogen (secondary N) is 1. The van der Waals surface area contributed by atoms with E-state index in [1.54, 1.807) is 0 Å². The Morgan fingerprint density at radius 3 is 2.73 bits per heavy atom. The molecule has 0 radical (unpaired) electrons. The van der Waals surface area contributed by atoms with Crippen LogP contribution in [-0.4, -0.2) is 38.6 Å². The normalized spacial score (nSPS) is 10.9. The van der Waals surface area contributed by atoms with Crippen LogP contribution >= 0.6 is 0 Å². The maximum absolute atomic E-state index is 5.70. The van der Waals surface area contributed by atoms with E-state index in [1.165, 1.54) is 5.56 Å². The summed E-state index contributed by atoms with van der Waals surface area (Å²) in [5, 5.41) is 3.40. The molecule has 0 aliphatic heterocycles. The minimum atomic E-state index is 0.848. The van der Waals surface area contributed by atoms with Crippen molar-refractivity contribution in [2.45, 2.75) is 6.42 Å². The molecule has 0 saturated carbocycles. The molecule has 0 aliphatic carbocycles. The second-order valence-electron chi connectivity index (χ2n) is 4.05. The highest BCUT2D eigenvalue weighted by Crippen LogP contribution is 2.06. The van der Waals surface area contributed by atoms with Gasteiger partial charge in [-0.25, -0.2) is 0 Å². The molecule has 0 bridgehead atoms. The summed E-state index contributed by atoms with van der Waals surface area (Å²) in [5.41, 5.74) is 7.85. The summed E-state index contributed by atoms with van der Waals surface area (Å²) in [5.74, 6) is 0. The van der Waals surface area contributed by atoms with Crippen molar-refractivity contribution in [2.24, 2.45) is 0 Å². The Labute approximate surface area is 92.3 Å². The second-order valence-corrected chi connectivity index (χ2v) is 4.05. The Hall–Kier alpha value is -1.06. The van der Waals surface area contributed by atoms with Crippen LogP contribution in [0, 0.1) is 0 Å². The number of anilines is 1. The molecular weight excluding hydrogens is 186 g/mol. The van der Waals surface area contributed by atoms with Gasteiger partial charge in [-0.15, -0.1) is 0 Å². The van der Waals surface area contributed by atoms with Crippen LogP contribution < -0.4 is 11.1 Å². The van der Waals surface area contributed by atoms with E-state index in [0.717, 1.165) is 31.7 Å². The van der Waals surface area contributed by atoms with E-state index in [4.69, 9.17) is 5.73 Å². The van der Waals surface area contributed by atoms with Crippen LogP contribution in [0.1, 0.15) is 5.56 Å². The maximum Gasteiger partial charge on any atom is 0.0316 e. The third-order valence-corrected chi connectivity index (χ3v) is 2.28. The largest absolute Gasteiger partial charge is 0.399 e. The monoisotopic (exact) mass is 207 g/mol. The number of nitrogen functional groups attached to an aromatic ring is 1. The number of likely N-dealkylation sites (N-methyl/N-ethyl adjacent to an activating group) is 1. The number of benzene rings is 1. The van der Waals surface area contributed by atoms with Crippen LogP contribution in [0.5, 0.6) is 0 Å². The molecule has 0 fully saturated rings. The van der Waals surface area contributed by atoms with Crippen LogP contribution in [0.2, 0.25) is 0 Å². The van der Waals surface area contributed by atoms with Crippen molar-refractivity contribution in [2.75, 3.05) is 39.5 Å². The predicted octanol–water partition coefficient (Wildman–Crippen LogP) is 0.962. The number of hydrogen-bond donors (Lipinski definition) is 2. The summed E-state index contributed by atoms with van der Waals surface area (Å²) in [6, 6.07) is 8.07. The molecule has 0 aromatic heterocycles. The van der Waals surface area contributed by atoms with E-state index in [-0.39, 0.29) is 0 Å². The number of hydrogen-bond acceptors (Lipinski definition) is 3. The lowest BCUT2D eigenvalue weighted by atomic mass is 10.1. The molecule has 0 atom stereocenters. The Morgan fingerprint density at radius 1 is 1.27 bits per heavy atom. The first-order valence-corrected chi connectivity index (χ1v) is 5.38. The lowest BCUT2D eigenvalue weighted by Crippen LogP contribution is -2.27. The van der Waals surface area contributed by atoms with Gasteiger partial charge in [0.1, 0.15) is 0 Å². The fourth-order valence-corrected chi connectivity index (χ4v) is 1.41. The van der Waals surface area contributed by atoms with Crippen molar-refractivity contribution in [3.63, 3.8) is 0 Å². The first-order chi connectivity index (χ1) is 7.18. The zero-order valence-electron chi connectivity index (χ0n) is 9.66. The molecule has 1 aromatic rings. The van der Waals surface area contributed by atoms with Crippen LogP contribution in [0.25, 0.3) is 0 Å². The quantitative estimate of drug-likeness (QED) is 0.539. The molecule has 0 amide bonds. The molecule has 15 heavy (non-hydrogen) atoms. The van der Waals surface area contributed by atoms with Gasteiger partial charge < -0.3 is 16.0 Å². The molecule has 0 heterocycles. The van der Waals surface area contributed by atoms with Gasteiger partial charge in [0.2, 0.25) is 0 Å². The zero-order chi connectivity index (χ0) is 11.1. The molecule has 0 saturated heterocycles. The van der Waals surface area contributed by atoms with Crippen molar-refractivity contribution in [3.05, 3.63) is 29.8 Å². The third-order valence-electron chi connectivity index (χ3n) is 2.28. The minimum Gasteiger partial charge on any atom is -0.399 e. The maximum atomic E-state index is 5.70. The Bertz CT molecular complexity index is 284. The standard InChI is InChI=1S/C12H21N3/c1-15(2)9-8-14-7-6-11-4-3-5-12(13)10-11/h3-5,10,14H,6-9,13H2,1-2H3. The summed E-state index contributed by atoms with van der Waals surface area (Å²) >= 11 is 0. The smallest absolute Gasteiger partial charge is 0.0316 e. The molecule has 0 unspecified atom stereocenters. The molecule has 0 aliphatic rings. The van der Waals surface area contributed by atoms with Crippen LogP contribution in [0.15, 0.2) is 24.3 Å². The van der Waals surface area contributed by atoms with E-state index in [9.17, 15) is 0 Å². The van der Waals surface area contributed by atoms with Crippen molar-refractivity contribution >= 4 is 5.69 Å². The van der Waals surface area contributed by atoms with E-state index < -0.39 is 0 Å². The molecule has 1 aromatic carbocycles. The average Bonchev–Trinajstić information content (AvgIpc) is 2.17. The predicted molar refractivity (Wildman–Crippen MR) is 66.0 cm³/mol. The van der Waals surface area contributed by atoms with E-state index in [0.29, 0.717) is 0 Å². The van der Waals surface area contributed by atoms with Gasteiger partial charge in [-0.3, -0.25) is 0 Å². The first kappa shape index (κ1) is 12.0. The Kier molecular flexibility index (Phi) is 5.15. The van der Waals surface area contributed by atoms with E-state index in [2.05, 4.69) is 30.4 Å². The van der Waals surface area contributed by atoms with Gasteiger partial charge in [-0.05, 0) is 44.8 Å². The SMILES string of the molecule is CN(C)CCNCCc1cccc(N)c1. The number of rotatable bonds is 6. The fourth-order valence-electron chi connectivity index (χ4n) is 1.41. The molecule has 1 rings (SSSR count). The molecule has 3 nitrogen and oxygen atoms in total. The lowest BCUT2D eigenvalue weighted by molar-refractivity contribution is 0.401. The van der Waals surface area contributed by atoms with Gasteiger partial charge >= 0.3 is 0 Å². The number of nitrogens with zero attached hydrogens (tertiary/aromatic N) is 1. The Morgan fingerprint density at radius 2 is 2.07 bits per heavy atom. The summed E-state index contributed by atoms with van der Waals surface area (Å²) in [6.07, 6.45) is 1.04. The van der Waals surface area contributed by atoms with Gasteiger partial charge in [-0.2, -0.15) is 0 Å². The van der Waals surface area contributed by atoms with Crippen molar-refractivity contribution < 1.29 is 0 Å². The summed E-state index contributed by atoms with van der Waals surface area (Å²) in [7, 11) is 4.17. The summed E-state index contributed by atoms with van der Waals surface area (Å²) in [4.78, 5) is 2.17. The van der Waals surface area contributed by atoms with Crippen LogP contribution in [-0.2, 0) is 6.42 Å². The van der Waals surface area contributed by atoms with Gasteiger partial charge in [0.15, 0.2) is 0 Å². The highest BCUT2D eigenvalue weighted by atomic mass is 15.1. The first-order valence-electron chi connectivity index (χ1n) is 5.38. The van der Waals surface area contributed by atoms with Gasteiger partial charge in [0, 0.05) is 18.8 Å². The zero-order valence-corrected chi connectivity index (χ0v) is 9.66. The fraction of sp³-hybridized carbons (Fsp3) is 0.500. The van der Waals surface area contributed by atoms with Crippen LogP contribution in [0.3, 0.4) is 0 Å². The summed E-state index contributed by atoms with van der Waals surface area (Å²) in [6.45, 7) is 3.13. The van der Waals surface area contributed by atoms with Gasteiger partial charge in [0.05, 0.1) is 0 Å². The van der Waals surface area contributed by atoms with Crippen molar-refractivity contribution in [1.29, 1.82) is 0 Å². The van der Waals surface area contributed by atoms with Gasteiger partial charge in [-0.1, -0.05) is 12.1 Å². The van der Waals surface area contributed by atoms with Gasteiger partial charge in [0.25, 0.3) is 0 Å². The number of nitrogens with two attached hydrogens (primary N) is 1. The topological polar surface area (TPSA) is 41.3 Å².